The van der Waals surface area contributed by atoms with Gasteiger partial charge in [0.1, 0.15) is 11.1 Å². The predicted molar refractivity (Wildman–Crippen MR) is 80.9 cm³/mol. The highest BCUT2D eigenvalue weighted by atomic mass is 35.5. The number of alkyl halides is 1. The summed E-state index contributed by atoms with van der Waals surface area (Å²) in [5.74, 6) is 0.446. The molecule has 0 N–H and O–H groups in total. The first-order valence-electron chi connectivity index (χ1n) is 6.09. The van der Waals surface area contributed by atoms with E-state index in [9.17, 15) is 0 Å². The molecule has 0 spiro atoms. The van der Waals surface area contributed by atoms with Crippen molar-refractivity contribution in [2.24, 2.45) is 0 Å². The van der Waals surface area contributed by atoms with Crippen molar-refractivity contribution in [3.05, 3.63) is 50.9 Å². The number of rotatable bonds is 6. The zero-order valence-electron chi connectivity index (χ0n) is 10.6. The van der Waals surface area contributed by atoms with Crippen molar-refractivity contribution in [3.63, 3.8) is 0 Å². The third-order valence-electron chi connectivity index (χ3n) is 2.69. The molecule has 0 fully saturated rings. The third kappa shape index (κ3) is 4.18. The second-order valence-corrected chi connectivity index (χ2v) is 5.74. The van der Waals surface area contributed by atoms with Gasteiger partial charge >= 0.3 is 0 Å². The number of benzene rings is 1. The van der Waals surface area contributed by atoms with E-state index in [4.69, 9.17) is 27.9 Å². The molecule has 0 bridgehead atoms. The molecular weight excluding hydrogens is 301 g/mol. The van der Waals surface area contributed by atoms with E-state index < -0.39 is 0 Å². The Kier molecular flexibility index (Phi) is 5.64. The zero-order chi connectivity index (χ0) is 13.7. The number of thiazole rings is 1. The van der Waals surface area contributed by atoms with Crippen LogP contribution in [0.5, 0.6) is 0 Å². The minimum atomic E-state index is 0.0148. The predicted octanol–water partition coefficient (Wildman–Crippen LogP) is 5.20. The molecule has 2 rings (SSSR count). The lowest BCUT2D eigenvalue weighted by atomic mass is 10.2. The second-order valence-electron chi connectivity index (χ2n) is 4.15. The average Bonchev–Trinajstić information content (AvgIpc) is 2.88. The first kappa shape index (κ1) is 14.8. The summed E-state index contributed by atoms with van der Waals surface area (Å²) in [5, 5.41) is 3.70. The van der Waals surface area contributed by atoms with E-state index in [1.54, 1.807) is 11.3 Å². The molecule has 0 aliphatic carbocycles. The molecule has 1 aromatic heterocycles. The molecule has 0 aliphatic heterocycles. The normalized spacial score (nSPS) is 12.6. The molecule has 1 atom stereocenters. The Balaban J connectivity index is 1.99. The maximum Gasteiger partial charge on any atom is 0.122 e. The molecule has 0 saturated heterocycles. The number of hydrogen-bond donors (Lipinski definition) is 0. The molecule has 0 saturated carbocycles. The second kappa shape index (κ2) is 7.25. The Morgan fingerprint density at radius 1 is 1.42 bits per heavy atom. The highest BCUT2D eigenvalue weighted by Crippen LogP contribution is 2.26. The number of nitrogens with zero attached hydrogens (tertiary/aromatic N) is 1. The van der Waals surface area contributed by atoms with Gasteiger partial charge in [-0.05, 0) is 24.1 Å². The van der Waals surface area contributed by atoms with E-state index in [-0.39, 0.29) is 6.10 Å². The van der Waals surface area contributed by atoms with Crippen LogP contribution in [0.15, 0.2) is 29.6 Å². The van der Waals surface area contributed by atoms with E-state index in [0.717, 1.165) is 27.7 Å². The van der Waals surface area contributed by atoms with Crippen LogP contribution < -0.4 is 0 Å². The molecule has 0 radical (unpaired) electrons. The molecule has 102 valence electrons. The molecule has 1 aromatic carbocycles. The Morgan fingerprint density at radius 3 is 2.89 bits per heavy atom. The summed E-state index contributed by atoms with van der Waals surface area (Å²) in [4.78, 5) is 4.47. The van der Waals surface area contributed by atoms with Crippen LogP contribution >= 0.6 is 34.5 Å². The van der Waals surface area contributed by atoms with Crippen LogP contribution in [0, 0.1) is 0 Å². The highest BCUT2D eigenvalue weighted by Gasteiger charge is 2.14. The Morgan fingerprint density at radius 2 is 2.26 bits per heavy atom. The van der Waals surface area contributed by atoms with Crippen LogP contribution in [0.4, 0.5) is 0 Å². The fourth-order valence-electron chi connectivity index (χ4n) is 1.72. The maximum absolute atomic E-state index is 5.95. The van der Waals surface area contributed by atoms with Gasteiger partial charge < -0.3 is 4.74 Å². The molecular formula is C14H15Cl2NOS. The lowest BCUT2D eigenvalue weighted by Crippen LogP contribution is -2.03. The first-order chi connectivity index (χ1) is 9.22. The summed E-state index contributed by atoms with van der Waals surface area (Å²) in [7, 11) is 0. The van der Waals surface area contributed by atoms with Crippen molar-refractivity contribution < 1.29 is 4.74 Å². The van der Waals surface area contributed by atoms with Crippen LogP contribution in [-0.4, -0.2) is 4.98 Å². The molecule has 5 heteroatoms. The van der Waals surface area contributed by atoms with Crippen molar-refractivity contribution >= 4 is 34.5 Å². The quantitative estimate of drug-likeness (QED) is 0.683. The largest absolute Gasteiger partial charge is 0.366 e. The van der Waals surface area contributed by atoms with Crippen molar-refractivity contribution in [2.75, 3.05) is 0 Å². The highest BCUT2D eigenvalue weighted by molar-refractivity contribution is 7.09. The molecule has 19 heavy (non-hydrogen) atoms. The third-order valence-corrected chi connectivity index (χ3v) is 4.19. The molecule has 0 aliphatic rings. The number of halogens is 2. The summed E-state index contributed by atoms with van der Waals surface area (Å²) in [6, 6.07) is 7.71. The van der Waals surface area contributed by atoms with Gasteiger partial charge in [0, 0.05) is 10.4 Å². The molecule has 0 amide bonds. The van der Waals surface area contributed by atoms with Crippen LogP contribution in [-0.2, 0) is 17.2 Å². The fraction of sp³-hybridized carbons (Fsp3) is 0.357. The van der Waals surface area contributed by atoms with Crippen molar-refractivity contribution in [1.29, 1.82) is 0 Å². The zero-order valence-corrected chi connectivity index (χ0v) is 12.9. The Bertz CT molecular complexity index is 530. The minimum absolute atomic E-state index is 0.0148. The van der Waals surface area contributed by atoms with Crippen molar-refractivity contribution in [1.82, 2.24) is 4.98 Å². The van der Waals surface area contributed by atoms with Crippen molar-refractivity contribution in [2.45, 2.75) is 31.9 Å². The summed E-state index contributed by atoms with van der Waals surface area (Å²) >= 11 is 13.3. The Labute approximate surface area is 127 Å². The van der Waals surface area contributed by atoms with Crippen molar-refractivity contribution in [3.8, 4) is 0 Å². The number of ether oxygens (including phenoxy) is 1. The summed E-state index contributed by atoms with van der Waals surface area (Å²) in [6.07, 6.45) is 0.899. The topological polar surface area (TPSA) is 22.1 Å². The van der Waals surface area contributed by atoms with Gasteiger partial charge in [-0.3, -0.25) is 0 Å². The lowest BCUT2D eigenvalue weighted by molar-refractivity contribution is 0.0369. The van der Waals surface area contributed by atoms with Gasteiger partial charge in [0.15, 0.2) is 0 Å². The monoisotopic (exact) mass is 315 g/mol. The van der Waals surface area contributed by atoms with Gasteiger partial charge in [0.05, 0.1) is 18.2 Å². The van der Waals surface area contributed by atoms with E-state index >= 15 is 0 Å². The Hall–Kier alpha value is -0.610. The standard InChI is InChI=1S/C14H15Cl2NOS/c1-2-13(14-17-12(7-15)9-19-14)18-8-10-4-3-5-11(16)6-10/h3-6,9,13H,2,7-8H2,1H3. The SMILES string of the molecule is CCC(OCc1cccc(Cl)c1)c1nc(CCl)cs1. The van der Waals surface area contributed by atoms with Gasteiger partial charge in [0.2, 0.25) is 0 Å². The summed E-state index contributed by atoms with van der Waals surface area (Å²) in [6.45, 7) is 2.62. The van der Waals surface area contributed by atoms with E-state index in [0.29, 0.717) is 12.5 Å². The summed E-state index contributed by atoms with van der Waals surface area (Å²) < 4.78 is 5.92. The minimum Gasteiger partial charge on any atom is -0.366 e. The molecule has 2 nitrogen and oxygen atoms in total. The van der Waals surface area contributed by atoms with E-state index in [1.807, 2.05) is 29.6 Å². The summed E-state index contributed by atoms with van der Waals surface area (Å²) in [5.41, 5.74) is 1.98. The number of hydrogen-bond acceptors (Lipinski definition) is 3. The molecule has 1 unspecified atom stereocenters. The van der Waals surface area contributed by atoms with Crippen LogP contribution in [0.2, 0.25) is 5.02 Å². The van der Waals surface area contributed by atoms with Gasteiger partial charge in [0.25, 0.3) is 0 Å². The van der Waals surface area contributed by atoms with E-state index in [1.165, 1.54) is 0 Å². The van der Waals surface area contributed by atoms with Gasteiger partial charge in [-0.15, -0.1) is 22.9 Å². The van der Waals surface area contributed by atoms with Crippen LogP contribution in [0.25, 0.3) is 0 Å². The van der Waals surface area contributed by atoms with Crippen LogP contribution in [0.3, 0.4) is 0 Å². The maximum atomic E-state index is 5.95. The molecule has 1 heterocycles. The fourth-order valence-corrected chi connectivity index (χ4v) is 3.11. The van der Waals surface area contributed by atoms with Gasteiger partial charge in [-0.25, -0.2) is 4.98 Å². The first-order valence-corrected chi connectivity index (χ1v) is 7.88. The smallest absolute Gasteiger partial charge is 0.122 e. The lowest BCUT2D eigenvalue weighted by Gasteiger charge is -2.13. The van der Waals surface area contributed by atoms with Crippen LogP contribution in [0.1, 0.15) is 35.7 Å². The van der Waals surface area contributed by atoms with Gasteiger partial charge in [-0.2, -0.15) is 0 Å². The average molecular weight is 316 g/mol. The number of aromatic nitrogens is 1. The van der Waals surface area contributed by atoms with Gasteiger partial charge in [-0.1, -0.05) is 30.7 Å². The molecule has 2 aromatic rings. The van der Waals surface area contributed by atoms with E-state index in [2.05, 4.69) is 11.9 Å².